The molecule has 1 atom stereocenters. The van der Waals surface area contributed by atoms with Gasteiger partial charge in [-0.25, -0.2) is 4.79 Å². The molecule has 0 aliphatic carbocycles. The third-order valence-corrected chi connectivity index (χ3v) is 5.66. The van der Waals surface area contributed by atoms with E-state index in [2.05, 4.69) is 0 Å². The average molecular weight is 412 g/mol. The van der Waals surface area contributed by atoms with Crippen molar-refractivity contribution in [2.75, 3.05) is 0 Å². The van der Waals surface area contributed by atoms with Gasteiger partial charge < -0.3 is 19.7 Å². The Bertz CT molecular complexity index is 1360. The van der Waals surface area contributed by atoms with Crippen molar-refractivity contribution in [3.8, 4) is 23.0 Å². The van der Waals surface area contributed by atoms with Gasteiger partial charge in [-0.05, 0) is 47.9 Å². The smallest absolute Gasteiger partial charge is 0.340 e. The summed E-state index contributed by atoms with van der Waals surface area (Å²) in [6.45, 7) is 4.00. The van der Waals surface area contributed by atoms with Crippen molar-refractivity contribution in [2.45, 2.75) is 19.4 Å². The molecule has 31 heavy (non-hydrogen) atoms. The second-order valence-electron chi connectivity index (χ2n) is 7.25. The van der Waals surface area contributed by atoms with Crippen LogP contribution >= 0.6 is 0 Å². The van der Waals surface area contributed by atoms with Gasteiger partial charge in [0.25, 0.3) is 0 Å². The van der Waals surface area contributed by atoms with E-state index >= 15 is 0 Å². The van der Waals surface area contributed by atoms with Gasteiger partial charge in [0.15, 0.2) is 5.60 Å². The molecule has 4 aromatic rings. The molecule has 4 aromatic carbocycles. The van der Waals surface area contributed by atoms with Gasteiger partial charge in [0.05, 0.1) is 5.56 Å². The minimum atomic E-state index is -1.17. The summed E-state index contributed by atoms with van der Waals surface area (Å²) in [4.78, 5) is 12.8. The summed E-state index contributed by atoms with van der Waals surface area (Å²) >= 11 is 0. The highest BCUT2D eigenvalue weighted by Crippen LogP contribution is 2.57. The van der Waals surface area contributed by atoms with E-state index in [1.165, 1.54) is 6.07 Å². The Morgan fingerprint density at radius 1 is 0.774 bits per heavy atom. The van der Waals surface area contributed by atoms with Crippen LogP contribution in [0.3, 0.4) is 0 Å². The molecule has 6 rings (SSSR count). The fourth-order valence-electron chi connectivity index (χ4n) is 4.43. The molecule has 2 N–H and O–H groups in total. The number of esters is 1. The van der Waals surface area contributed by atoms with Crippen LogP contribution < -0.4 is 4.74 Å². The third kappa shape index (κ3) is 2.53. The van der Waals surface area contributed by atoms with E-state index in [4.69, 9.17) is 9.47 Å². The predicted molar refractivity (Wildman–Crippen MR) is 117 cm³/mol. The number of carbonyl (C=O) groups is 1. The maximum atomic E-state index is 12.8. The van der Waals surface area contributed by atoms with Crippen molar-refractivity contribution in [2.24, 2.45) is 0 Å². The highest BCUT2D eigenvalue weighted by atomic mass is 16.6. The molecule has 0 bridgehead atoms. The van der Waals surface area contributed by atoms with Gasteiger partial charge in [-0.1, -0.05) is 38.1 Å². The molecule has 0 saturated heterocycles. The van der Waals surface area contributed by atoms with Crippen LogP contribution in [0.1, 0.15) is 40.9 Å². The summed E-state index contributed by atoms with van der Waals surface area (Å²) in [6, 6.07) is 20.9. The number of ether oxygens (including phenoxy) is 2. The second kappa shape index (κ2) is 6.77. The Labute approximate surface area is 179 Å². The van der Waals surface area contributed by atoms with Crippen molar-refractivity contribution in [1.29, 1.82) is 0 Å². The van der Waals surface area contributed by atoms with E-state index in [-0.39, 0.29) is 11.5 Å². The maximum absolute atomic E-state index is 12.8. The molecule has 0 saturated carbocycles. The number of benzene rings is 4. The van der Waals surface area contributed by atoms with E-state index in [9.17, 15) is 15.0 Å². The molecule has 5 heteroatoms. The minimum Gasteiger partial charge on any atom is -0.508 e. The van der Waals surface area contributed by atoms with Crippen molar-refractivity contribution < 1.29 is 24.5 Å². The lowest BCUT2D eigenvalue weighted by atomic mass is 9.77. The van der Waals surface area contributed by atoms with E-state index in [0.29, 0.717) is 28.2 Å². The lowest BCUT2D eigenvalue weighted by Crippen LogP contribution is -2.33. The molecular weight excluding hydrogens is 392 g/mol. The van der Waals surface area contributed by atoms with Gasteiger partial charge in [-0.15, -0.1) is 0 Å². The number of carbonyl (C=O) groups excluding carboxylic acids is 1. The molecule has 1 unspecified atom stereocenters. The van der Waals surface area contributed by atoms with Gasteiger partial charge in [0.2, 0.25) is 0 Å². The van der Waals surface area contributed by atoms with Crippen LogP contribution in [0.25, 0.3) is 10.8 Å². The number of hydrogen-bond acceptors (Lipinski definition) is 5. The number of rotatable bonds is 0. The van der Waals surface area contributed by atoms with Crippen molar-refractivity contribution in [1.82, 2.24) is 0 Å². The van der Waals surface area contributed by atoms with E-state index in [1.807, 2.05) is 38.1 Å². The monoisotopic (exact) mass is 412 g/mol. The molecule has 0 radical (unpaired) electrons. The molecule has 0 fully saturated rings. The standard InChI is InChI=1S/C24H14O5.C2H6/c25-14-6-8-16-13(11-14)5-9-20-22(16)28-21-12-15(26)7-10-19(21)24(20)18-4-2-1-3-17(18)23(27)29-24;1-2/h1-12,25-26H;1-2H3. The predicted octanol–water partition coefficient (Wildman–Crippen LogP) is 5.85. The summed E-state index contributed by atoms with van der Waals surface area (Å²) in [6.07, 6.45) is 0. The SMILES string of the molecule is CC.O=C1OC2(c3ccc(O)cc3Oc3c2ccc2cc(O)ccc32)c2ccccc21. The van der Waals surface area contributed by atoms with Gasteiger partial charge in [-0.3, -0.25) is 0 Å². The van der Waals surface area contributed by atoms with Crippen LogP contribution in [-0.2, 0) is 10.3 Å². The number of hydrogen-bond donors (Lipinski definition) is 2. The Kier molecular flexibility index (Phi) is 4.15. The van der Waals surface area contributed by atoms with Crippen LogP contribution in [0.15, 0.2) is 72.8 Å². The summed E-state index contributed by atoms with van der Waals surface area (Å²) in [7, 11) is 0. The van der Waals surface area contributed by atoms with Crippen LogP contribution in [0.5, 0.6) is 23.0 Å². The first-order valence-electron chi connectivity index (χ1n) is 10.2. The quantitative estimate of drug-likeness (QED) is 0.355. The minimum absolute atomic E-state index is 0.0536. The Morgan fingerprint density at radius 2 is 1.48 bits per heavy atom. The normalized spacial score (nSPS) is 17.7. The maximum Gasteiger partial charge on any atom is 0.340 e. The molecule has 2 aliphatic rings. The second-order valence-corrected chi connectivity index (χ2v) is 7.25. The Balaban J connectivity index is 0.000000994. The van der Waals surface area contributed by atoms with Gasteiger partial charge in [-0.2, -0.15) is 0 Å². The number of phenols is 2. The summed E-state index contributed by atoms with van der Waals surface area (Å²) in [5.74, 6) is 0.752. The molecule has 5 nitrogen and oxygen atoms in total. The largest absolute Gasteiger partial charge is 0.508 e. The highest BCUT2D eigenvalue weighted by Gasteiger charge is 2.53. The molecule has 2 aliphatic heterocycles. The fourth-order valence-corrected chi connectivity index (χ4v) is 4.43. The topological polar surface area (TPSA) is 76.0 Å². The first-order valence-corrected chi connectivity index (χ1v) is 10.2. The van der Waals surface area contributed by atoms with Crippen LogP contribution in [-0.4, -0.2) is 16.2 Å². The third-order valence-electron chi connectivity index (χ3n) is 5.66. The molecule has 154 valence electrons. The van der Waals surface area contributed by atoms with Gasteiger partial charge in [0.1, 0.15) is 23.0 Å². The van der Waals surface area contributed by atoms with Gasteiger partial charge in [0, 0.05) is 28.1 Å². The van der Waals surface area contributed by atoms with Crippen molar-refractivity contribution >= 4 is 16.7 Å². The Hall–Kier alpha value is -3.99. The van der Waals surface area contributed by atoms with E-state index in [0.717, 1.165) is 16.3 Å². The molecular formula is C26H20O5. The van der Waals surface area contributed by atoms with Crippen LogP contribution in [0.4, 0.5) is 0 Å². The lowest BCUT2D eigenvalue weighted by Gasteiger charge is -2.37. The summed E-state index contributed by atoms with van der Waals surface area (Å²) in [5, 5.41) is 21.5. The zero-order chi connectivity index (χ0) is 21.8. The first kappa shape index (κ1) is 19.0. The highest BCUT2D eigenvalue weighted by molar-refractivity contribution is 5.99. The average Bonchev–Trinajstić information content (AvgIpc) is 3.08. The van der Waals surface area contributed by atoms with Gasteiger partial charge >= 0.3 is 5.97 Å². The summed E-state index contributed by atoms with van der Waals surface area (Å²) < 4.78 is 12.3. The molecule has 0 aromatic heterocycles. The Morgan fingerprint density at radius 3 is 2.32 bits per heavy atom. The summed E-state index contributed by atoms with van der Waals surface area (Å²) in [5.41, 5.74) is 1.42. The number of aromatic hydroxyl groups is 2. The van der Waals surface area contributed by atoms with E-state index < -0.39 is 11.6 Å². The zero-order valence-corrected chi connectivity index (χ0v) is 17.0. The number of fused-ring (bicyclic) bond motifs is 8. The van der Waals surface area contributed by atoms with Crippen LogP contribution in [0, 0.1) is 0 Å². The number of phenolic OH excluding ortho intramolecular Hbond substituents is 2. The van der Waals surface area contributed by atoms with Crippen molar-refractivity contribution in [3.63, 3.8) is 0 Å². The lowest BCUT2D eigenvalue weighted by molar-refractivity contribution is 0.0225. The van der Waals surface area contributed by atoms with Crippen molar-refractivity contribution in [3.05, 3.63) is 95.1 Å². The zero-order valence-electron chi connectivity index (χ0n) is 17.0. The first-order chi connectivity index (χ1) is 15.1. The molecule has 1 spiro atoms. The van der Waals surface area contributed by atoms with Crippen LogP contribution in [0.2, 0.25) is 0 Å². The molecule has 0 amide bonds. The van der Waals surface area contributed by atoms with E-state index in [1.54, 1.807) is 42.5 Å². The fraction of sp³-hybridized carbons (Fsp3) is 0.115. The molecule has 2 heterocycles.